The highest BCUT2D eigenvalue weighted by Crippen LogP contribution is 2.38. The van der Waals surface area contributed by atoms with Gasteiger partial charge in [-0.1, -0.05) is 12.8 Å². The van der Waals surface area contributed by atoms with Gasteiger partial charge in [0.2, 0.25) is 5.91 Å². The Balaban J connectivity index is 1.98. The van der Waals surface area contributed by atoms with Gasteiger partial charge in [0.25, 0.3) is 0 Å². The molecule has 2 atom stereocenters. The van der Waals surface area contributed by atoms with Crippen LogP contribution in [0.3, 0.4) is 0 Å². The van der Waals surface area contributed by atoms with Crippen LogP contribution in [-0.4, -0.2) is 35.2 Å². The maximum atomic E-state index is 11.4. The number of unbranched alkanes of at least 4 members (excludes halogenated alkanes) is 3. The molecule has 0 saturated heterocycles. The number of nitrogens with one attached hydrogen (secondary N) is 1. The van der Waals surface area contributed by atoms with Crippen LogP contribution < -0.4 is 5.32 Å². The van der Waals surface area contributed by atoms with Crippen LogP contribution in [0.2, 0.25) is 0 Å². The van der Waals surface area contributed by atoms with Gasteiger partial charge >= 0.3 is 5.97 Å². The molecule has 0 aliphatic heterocycles. The monoisotopic (exact) mass is 229 g/mol. The average molecular weight is 229 g/mol. The fourth-order valence-corrected chi connectivity index (χ4v) is 1.69. The smallest absolute Gasteiger partial charge is 0.307 e. The number of carbonyl (C=O) groups excluding carboxylic acids is 1. The predicted molar refractivity (Wildman–Crippen MR) is 57.8 cm³/mol. The standard InChI is InChI=1S/C11H19NO4/c13-6-4-2-1-3-5-12-10(14)8-7-9(8)11(15)16/h8-9,13H,1-7H2,(H,12,14)(H,15,16)/t8-,9+/m1/s1. The van der Waals surface area contributed by atoms with Crippen LogP contribution in [0.4, 0.5) is 0 Å². The molecule has 5 nitrogen and oxygen atoms in total. The molecule has 1 amide bonds. The molecule has 1 aliphatic carbocycles. The minimum absolute atomic E-state index is 0.130. The second-order valence-corrected chi connectivity index (χ2v) is 4.22. The summed E-state index contributed by atoms with van der Waals surface area (Å²) >= 11 is 0. The zero-order chi connectivity index (χ0) is 12.0. The second-order valence-electron chi connectivity index (χ2n) is 4.22. The molecule has 0 aromatic carbocycles. The summed E-state index contributed by atoms with van der Waals surface area (Å²) in [6.07, 6.45) is 4.11. The molecular weight excluding hydrogens is 210 g/mol. The Morgan fingerprint density at radius 1 is 1.12 bits per heavy atom. The van der Waals surface area contributed by atoms with E-state index in [1.807, 2.05) is 0 Å². The van der Waals surface area contributed by atoms with Crippen LogP contribution in [0, 0.1) is 11.8 Å². The first-order valence-corrected chi connectivity index (χ1v) is 5.78. The third kappa shape index (κ3) is 4.18. The molecule has 5 heteroatoms. The minimum Gasteiger partial charge on any atom is -0.481 e. The van der Waals surface area contributed by atoms with Crippen LogP contribution in [0.25, 0.3) is 0 Å². The number of aliphatic hydroxyl groups is 1. The van der Waals surface area contributed by atoms with E-state index in [4.69, 9.17) is 10.2 Å². The van der Waals surface area contributed by atoms with Gasteiger partial charge in [-0.05, 0) is 19.3 Å². The van der Waals surface area contributed by atoms with Crippen molar-refractivity contribution in [2.75, 3.05) is 13.2 Å². The maximum Gasteiger partial charge on any atom is 0.307 e. The van der Waals surface area contributed by atoms with E-state index in [0.29, 0.717) is 13.0 Å². The number of amides is 1. The van der Waals surface area contributed by atoms with Crippen LogP contribution in [0.1, 0.15) is 32.1 Å². The molecule has 16 heavy (non-hydrogen) atoms. The highest BCUT2D eigenvalue weighted by molar-refractivity contribution is 5.89. The number of rotatable bonds is 8. The van der Waals surface area contributed by atoms with Crippen LogP contribution >= 0.6 is 0 Å². The fraction of sp³-hybridized carbons (Fsp3) is 0.818. The summed E-state index contributed by atoms with van der Waals surface area (Å²) in [4.78, 5) is 21.9. The molecule has 0 spiro atoms. The van der Waals surface area contributed by atoms with Crippen LogP contribution in [-0.2, 0) is 9.59 Å². The lowest BCUT2D eigenvalue weighted by molar-refractivity contribution is -0.140. The zero-order valence-electron chi connectivity index (χ0n) is 9.32. The van der Waals surface area contributed by atoms with E-state index in [9.17, 15) is 9.59 Å². The molecule has 1 saturated carbocycles. The number of carboxylic acid groups (broad SMARTS) is 1. The third-order valence-electron chi connectivity index (χ3n) is 2.83. The summed E-state index contributed by atoms with van der Waals surface area (Å²) in [7, 11) is 0. The van der Waals surface area contributed by atoms with Crippen molar-refractivity contribution in [3.05, 3.63) is 0 Å². The summed E-state index contributed by atoms with van der Waals surface area (Å²) in [6.45, 7) is 0.821. The highest BCUT2D eigenvalue weighted by Gasteiger charge is 2.48. The van der Waals surface area contributed by atoms with Crippen molar-refractivity contribution in [1.29, 1.82) is 0 Å². The predicted octanol–water partition coefficient (Wildman–Crippen LogP) is 0.376. The quantitative estimate of drug-likeness (QED) is 0.525. The molecule has 0 heterocycles. The molecule has 0 radical (unpaired) electrons. The number of hydrogen-bond acceptors (Lipinski definition) is 3. The van der Waals surface area contributed by atoms with E-state index in [2.05, 4.69) is 5.32 Å². The van der Waals surface area contributed by atoms with Crippen molar-refractivity contribution in [2.45, 2.75) is 32.1 Å². The summed E-state index contributed by atoms with van der Waals surface area (Å²) in [5.74, 6) is -1.78. The van der Waals surface area contributed by atoms with E-state index in [-0.39, 0.29) is 18.4 Å². The molecule has 3 N–H and O–H groups in total. The van der Waals surface area contributed by atoms with Crippen LogP contribution in [0.5, 0.6) is 0 Å². The van der Waals surface area contributed by atoms with Gasteiger partial charge in [-0.2, -0.15) is 0 Å². The molecule has 0 unspecified atom stereocenters. The van der Waals surface area contributed by atoms with Crippen molar-refractivity contribution < 1.29 is 19.8 Å². The topological polar surface area (TPSA) is 86.6 Å². The maximum absolute atomic E-state index is 11.4. The van der Waals surface area contributed by atoms with Crippen LogP contribution in [0.15, 0.2) is 0 Å². The van der Waals surface area contributed by atoms with Crippen molar-refractivity contribution in [1.82, 2.24) is 5.32 Å². The largest absolute Gasteiger partial charge is 0.481 e. The third-order valence-corrected chi connectivity index (χ3v) is 2.83. The van der Waals surface area contributed by atoms with Gasteiger partial charge in [0.05, 0.1) is 11.8 Å². The molecule has 1 fully saturated rings. The lowest BCUT2D eigenvalue weighted by Gasteiger charge is -2.03. The normalized spacial score (nSPS) is 22.8. The van der Waals surface area contributed by atoms with E-state index < -0.39 is 11.9 Å². The Hall–Kier alpha value is -1.10. The Bertz CT molecular complexity index is 254. The van der Waals surface area contributed by atoms with E-state index in [0.717, 1.165) is 25.7 Å². The molecule has 1 rings (SSSR count). The van der Waals surface area contributed by atoms with E-state index in [1.54, 1.807) is 0 Å². The number of aliphatic carboxylic acids is 1. The Kier molecular flexibility index (Phi) is 5.25. The average Bonchev–Trinajstić information content (AvgIpc) is 3.02. The Morgan fingerprint density at radius 2 is 1.81 bits per heavy atom. The molecule has 0 aromatic heterocycles. The number of aliphatic hydroxyl groups excluding tert-OH is 1. The van der Waals surface area contributed by atoms with Crippen molar-refractivity contribution >= 4 is 11.9 Å². The minimum atomic E-state index is -0.872. The molecule has 92 valence electrons. The van der Waals surface area contributed by atoms with E-state index in [1.165, 1.54) is 0 Å². The lowest BCUT2D eigenvalue weighted by atomic mass is 10.2. The van der Waals surface area contributed by atoms with Crippen molar-refractivity contribution in [2.24, 2.45) is 11.8 Å². The number of carboxylic acids is 1. The number of carbonyl (C=O) groups is 2. The lowest BCUT2D eigenvalue weighted by Crippen LogP contribution is -2.27. The first kappa shape index (κ1) is 13.0. The van der Waals surface area contributed by atoms with Crippen molar-refractivity contribution in [3.63, 3.8) is 0 Å². The molecule has 0 aromatic rings. The van der Waals surface area contributed by atoms with Gasteiger partial charge in [-0.25, -0.2) is 0 Å². The van der Waals surface area contributed by atoms with Gasteiger partial charge in [0.15, 0.2) is 0 Å². The summed E-state index contributed by atoms with van der Waals surface area (Å²) in [5.41, 5.74) is 0. The van der Waals surface area contributed by atoms with E-state index >= 15 is 0 Å². The Morgan fingerprint density at radius 3 is 2.38 bits per heavy atom. The van der Waals surface area contributed by atoms with Crippen molar-refractivity contribution in [3.8, 4) is 0 Å². The molecule has 1 aliphatic rings. The number of hydrogen-bond donors (Lipinski definition) is 3. The molecule has 0 bridgehead atoms. The first-order valence-electron chi connectivity index (χ1n) is 5.78. The summed E-state index contributed by atoms with van der Waals surface area (Å²) in [5, 5.41) is 19.9. The van der Waals surface area contributed by atoms with Gasteiger partial charge in [0.1, 0.15) is 0 Å². The SMILES string of the molecule is O=C(O)[C@H]1C[C@H]1C(=O)NCCCCCCO. The summed E-state index contributed by atoms with van der Waals surface area (Å²) < 4.78 is 0. The fourth-order valence-electron chi connectivity index (χ4n) is 1.69. The van der Waals surface area contributed by atoms with Gasteiger partial charge in [-0.3, -0.25) is 9.59 Å². The second kappa shape index (κ2) is 6.48. The molecular formula is C11H19NO4. The van der Waals surface area contributed by atoms with Gasteiger partial charge in [0, 0.05) is 13.2 Å². The highest BCUT2D eigenvalue weighted by atomic mass is 16.4. The zero-order valence-corrected chi connectivity index (χ0v) is 9.32. The summed E-state index contributed by atoms with van der Waals surface area (Å²) in [6, 6.07) is 0. The van der Waals surface area contributed by atoms with Gasteiger partial charge in [-0.15, -0.1) is 0 Å². The van der Waals surface area contributed by atoms with Gasteiger partial charge < -0.3 is 15.5 Å². The first-order chi connectivity index (χ1) is 7.66. The Labute approximate surface area is 94.8 Å².